The number of carbonyl (C=O) groups excluding carboxylic acids is 1. The van der Waals surface area contributed by atoms with Crippen LogP contribution in [0.2, 0.25) is 10.0 Å². The van der Waals surface area contributed by atoms with Crippen molar-refractivity contribution in [3.63, 3.8) is 0 Å². The van der Waals surface area contributed by atoms with Gasteiger partial charge >= 0.3 is 0 Å². The standard InChI is InChI=1S/C17H19Cl2N3OS/c1-10-15(3-2-6-20-10)22-16(23)8-12-9-24-17(21-12)13-5-4-11(18)7-14(13)19/h4-5,7,9-10,15,20H,2-3,6,8H2,1H3,(H,22,23). The Morgan fingerprint density at radius 3 is 3.04 bits per heavy atom. The second-order valence-electron chi connectivity index (χ2n) is 6.00. The van der Waals surface area contributed by atoms with E-state index in [9.17, 15) is 4.79 Å². The number of amides is 1. The Hall–Kier alpha value is -1.14. The monoisotopic (exact) mass is 383 g/mol. The first-order valence-electron chi connectivity index (χ1n) is 7.95. The molecule has 2 aromatic rings. The molecule has 7 heteroatoms. The molecule has 1 amide bonds. The number of aromatic nitrogens is 1. The summed E-state index contributed by atoms with van der Waals surface area (Å²) in [4.78, 5) is 16.8. The van der Waals surface area contributed by atoms with Crippen LogP contribution in [0.3, 0.4) is 0 Å². The maximum atomic E-state index is 12.3. The van der Waals surface area contributed by atoms with Crippen LogP contribution in [0.5, 0.6) is 0 Å². The quantitative estimate of drug-likeness (QED) is 0.840. The van der Waals surface area contributed by atoms with Crippen molar-refractivity contribution in [1.82, 2.24) is 15.6 Å². The van der Waals surface area contributed by atoms with E-state index in [4.69, 9.17) is 23.2 Å². The zero-order valence-corrected chi connectivity index (χ0v) is 15.6. The second-order valence-corrected chi connectivity index (χ2v) is 7.71. The molecule has 0 spiro atoms. The average molecular weight is 384 g/mol. The van der Waals surface area contributed by atoms with Gasteiger partial charge in [0, 0.05) is 28.0 Å². The van der Waals surface area contributed by atoms with Crippen molar-refractivity contribution in [1.29, 1.82) is 0 Å². The van der Waals surface area contributed by atoms with Crippen molar-refractivity contribution >= 4 is 40.4 Å². The molecule has 3 rings (SSSR count). The highest BCUT2D eigenvalue weighted by molar-refractivity contribution is 7.13. The smallest absolute Gasteiger partial charge is 0.226 e. The van der Waals surface area contributed by atoms with Gasteiger partial charge in [0.2, 0.25) is 5.91 Å². The first-order valence-corrected chi connectivity index (χ1v) is 9.59. The lowest BCUT2D eigenvalue weighted by Crippen LogP contribution is -2.52. The number of nitrogens with zero attached hydrogens (tertiary/aromatic N) is 1. The topological polar surface area (TPSA) is 54.0 Å². The van der Waals surface area contributed by atoms with Gasteiger partial charge in [0.15, 0.2) is 0 Å². The molecule has 4 nitrogen and oxygen atoms in total. The number of carbonyl (C=O) groups is 1. The fraction of sp³-hybridized carbons (Fsp3) is 0.412. The molecule has 0 radical (unpaired) electrons. The third-order valence-corrected chi connectivity index (χ3v) is 5.64. The van der Waals surface area contributed by atoms with E-state index in [1.54, 1.807) is 12.1 Å². The minimum absolute atomic E-state index is 0.00889. The second kappa shape index (κ2) is 7.83. The minimum atomic E-state index is 0.00889. The zero-order valence-electron chi connectivity index (χ0n) is 13.3. The summed E-state index contributed by atoms with van der Waals surface area (Å²) in [5.74, 6) is 0.00889. The van der Waals surface area contributed by atoms with Crippen LogP contribution in [0.25, 0.3) is 10.6 Å². The summed E-state index contributed by atoms with van der Waals surface area (Å²) in [6, 6.07) is 5.83. The molecule has 1 fully saturated rings. The number of thiazole rings is 1. The van der Waals surface area contributed by atoms with E-state index in [0.717, 1.165) is 35.7 Å². The van der Waals surface area contributed by atoms with Gasteiger partial charge in [-0.1, -0.05) is 23.2 Å². The molecule has 0 saturated carbocycles. The largest absolute Gasteiger partial charge is 0.351 e. The van der Waals surface area contributed by atoms with Crippen LogP contribution in [0.15, 0.2) is 23.6 Å². The Kier molecular flexibility index (Phi) is 5.76. The molecule has 2 unspecified atom stereocenters. The van der Waals surface area contributed by atoms with Gasteiger partial charge in [0.05, 0.1) is 17.1 Å². The SMILES string of the molecule is CC1NCCCC1NC(=O)Cc1csc(-c2ccc(Cl)cc2Cl)n1. The Balaban J connectivity index is 1.64. The van der Waals surface area contributed by atoms with Gasteiger partial charge in [-0.15, -0.1) is 11.3 Å². The molecule has 2 atom stereocenters. The Morgan fingerprint density at radius 1 is 1.46 bits per heavy atom. The van der Waals surface area contributed by atoms with Crippen LogP contribution in [0.4, 0.5) is 0 Å². The normalized spacial score (nSPS) is 20.8. The molecule has 1 aromatic heterocycles. The first kappa shape index (κ1) is 17.7. The Morgan fingerprint density at radius 2 is 2.29 bits per heavy atom. The molecule has 24 heavy (non-hydrogen) atoms. The van der Waals surface area contributed by atoms with E-state index in [1.165, 1.54) is 11.3 Å². The predicted octanol–water partition coefficient (Wildman–Crippen LogP) is 3.92. The predicted molar refractivity (Wildman–Crippen MR) is 99.9 cm³/mol. The summed E-state index contributed by atoms with van der Waals surface area (Å²) in [5, 5.41) is 10.3. The van der Waals surface area contributed by atoms with Gasteiger partial charge in [-0.3, -0.25) is 4.79 Å². The molecule has 0 bridgehead atoms. The average Bonchev–Trinajstić information content (AvgIpc) is 2.97. The van der Waals surface area contributed by atoms with Gasteiger partial charge in [0.25, 0.3) is 0 Å². The fourth-order valence-corrected chi connectivity index (χ4v) is 4.25. The molecule has 1 aliphatic rings. The number of nitrogens with one attached hydrogen (secondary N) is 2. The molecule has 128 valence electrons. The Bertz CT molecular complexity index is 734. The van der Waals surface area contributed by atoms with Crippen LogP contribution in [-0.2, 0) is 11.2 Å². The maximum Gasteiger partial charge on any atom is 0.226 e. The third kappa shape index (κ3) is 4.28. The number of halogens is 2. The van der Waals surface area contributed by atoms with E-state index < -0.39 is 0 Å². The lowest BCUT2D eigenvalue weighted by molar-refractivity contribution is -0.121. The summed E-state index contributed by atoms with van der Waals surface area (Å²) in [7, 11) is 0. The van der Waals surface area contributed by atoms with Crippen LogP contribution in [0.1, 0.15) is 25.5 Å². The van der Waals surface area contributed by atoms with Crippen LogP contribution in [0, 0.1) is 0 Å². The van der Waals surface area contributed by atoms with E-state index in [1.807, 2.05) is 11.4 Å². The molecule has 2 heterocycles. The Labute approximate surface area is 155 Å². The van der Waals surface area contributed by atoms with Crippen molar-refractivity contribution in [3.8, 4) is 10.6 Å². The summed E-state index contributed by atoms with van der Waals surface area (Å²) >= 11 is 13.6. The fourth-order valence-electron chi connectivity index (χ4n) is 2.84. The first-order chi connectivity index (χ1) is 11.5. The van der Waals surface area contributed by atoms with Crippen LogP contribution >= 0.6 is 34.5 Å². The number of hydrogen-bond donors (Lipinski definition) is 2. The van der Waals surface area contributed by atoms with Gasteiger partial charge in [0.1, 0.15) is 5.01 Å². The lowest BCUT2D eigenvalue weighted by atomic mass is 10.00. The van der Waals surface area contributed by atoms with Crippen molar-refractivity contribution in [2.45, 2.75) is 38.3 Å². The highest BCUT2D eigenvalue weighted by Gasteiger charge is 2.22. The van der Waals surface area contributed by atoms with E-state index >= 15 is 0 Å². The summed E-state index contributed by atoms with van der Waals surface area (Å²) in [5.41, 5.74) is 1.60. The highest BCUT2D eigenvalue weighted by atomic mass is 35.5. The number of hydrogen-bond acceptors (Lipinski definition) is 4. The van der Waals surface area contributed by atoms with Gasteiger partial charge in [-0.2, -0.15) is 0 Å². The molecule has 1 aromatic carbocycles. The number of piperidine rings is 1. The molecule has 1 saturated heterocycles. The minimum Gasteiger partial charge on any atom is -0.351 e. The number of benzene rings is 1. The van der Waals surface area contributed by atoms with Gasteiger partial charge < -0.3 is 10.6 Å². The molecule has 2 N–H and O–H groups in total. The summed E-state index contributed by atoms with van der Waals surface area (Å²) in [6.07, 6.45) is 2.39. The highest BCUT2D eigenvalue weighted by Crippen LogP contribution is 2.32. The maximum absolute atomic E-state index is 12.3. The zero-order chi connectivity index (χ0) is 17.1. The van der Waals surface area contributed by atoms with Crippen molar-refractivity contribution in [3.05, 3.63) is 39.3 Å². The molecular weight excluding hydrogens is 365 g/mol. The van der Waals surface area contributed by atoms with Crippen molar-refractivity contribution < 1.29 is 4.79 Å². The third-order valence-electron chi connectivity index (χ3n) is 4.16. The van der Waals surface area contributed by atoms with E-state index in [2.05, 4.69) is 22.5 Å². The van der Waals surface area contributed by atoms with Gasteiger partial charge in [-0.25, -0.2) is 4.98 Å². The molecule has 0 aliphatic carbocycles. The summed E-state index contributed by atoms with van der Waals surface area (Å²) in [6.45, 7) is 3.12. The van der Waals surface area contributed by atoms with E-state index in [0.29, 0.717) is 16.1 Å². The van der Waals surface area contributed by atoms with Crippen LogP contribution in [-0.4, -0.2) is 29.5 Å². The van der Waals surface area contributed by atoms with Crippen molar-refractivity contribution in [2.24, 2.45) is 0 Å². The van der Waals surface area contributed by atoms with Gasteiger partial charge in [-0.05, 0) is 44.5 Å². The van der Waals surface area contributed by atoms with Crippen LogP contribution < -0.4 is 10.6 Å². The molecule has 1 aliphatic heterocycles. The molecular formula is C17H19Cl2N3OS. The number of rotatable bonds is 4. The van der Waals surface area contributed by atoms with E-state index in [-0.39, 0.29) is 18.4 Å². The lowest BCUT2D eigenvalue weighted by Gasteiger charge is -2.30. The van der Waals surface area contributed by atoms with Crippen molar-refractivity contribution in [2.75, 3.05) is 6.54 Å². The summed E-state index contributed by atoms with van der Waals surface area (Å²) < 4.78 is 0.